The van der Waals surface area contributed by atoms with Gasteiger partial charge < -0.3 is 20.0 Å². The van der Waals surface area contributed by atoms with Gasteiger partial charge in [-0.05, 0) is 42.7 Å². The van der Waals surface area contributed by atoms with Gasteiger partial charge in [0.2, 0.25) is 0 Å². The molecule has 3 N–H and O–H groups in total. The molecule has 0 aliphatic carbocycles. The van der Waals surface area contributed by atoms with Crippen molar-refractivity contribution < 1.29 is 24.3 Å². The van der Waals surface area contributed by atoms with Gasteiger partial charge >= 0.3 is 5.63 Å². The maximum absolute atomic E-state index is 13.2. The van der Waals surface area contributed by atoms with Crippen LogP contribution >= 0.6 is 0 Å². The smallest absolute Gasteiger partial charge is 0.343 e. The number of oxime groups is 1. The van der Waals surface area contributed by atoms with Crippen LogP contribution in [0.5, 0.6) is 5.75 Å². The van der Waals surface area contributed by atoms with Crippen molar-refractivity contribution in [3.8, 4) is 5.75 Å². The number of carbonyl (C=O) groups is 2. The first-order valence-corrected chi connectivity index (χ1v) is 11.7. The topological polar surface area (TPSA) is 129 Å². The minimum absolute atomic E-state index is 0.0549. The van der Waals surface area contributed by atoms with Gasteiger partial charge in [0.25, 0.3) is 5.91 Å². The number of hydrogen-bond acceptors (Lipinski definition) is 7. The number of benzene rings is 3. The molecule has 1 aromatic heterocycles. The van der Waals surface area contributed by atoms with Crippen LogP contribution in [0.25, 0.3) is 11.0 Å². The number of amides is 1. The van der Waals surface area contributed by atoms with Gasteiger partial charge in [0.05, 0.1) is 17.4 Å². The van der Waals surface area contributed by atoms with Crippen molar-refractivity contribution in [1.82, 2.24) is 0 Å². The third-order valence-corrected chi connectivity index (χ3v) is 6.27. The fourth-order valence-electron chi connectivity index (χ4n) is 4.37. The molecule has 0 unspecified atom stereocenters. The molecule has 0 radical (unpaired) electrons. The van der Waals surface area contributed by atoms with Crippen molar-refractivity contribution >= 4 is 34.1 Å². The number of carbonyl (C=O) groups excluding carboxylic acids is 2. The molecule has 8 heteroatoms. The van der Waals surface area contributed by atoms with Gasteiger partial charge in [-0.2, -0.15) is 0 Å². The molecule has 0 saturated carbocycles. The number of rotatable bonds is 8. The number of aromatic hydroxyl groups is 1. The largest absolute Gasteiger partial charge is 0.507 e. The summed E-state index contributed by atoms with van der Waals surface area (Å²) in [5, 5.41) is 26.6. The Morgan fingerprint density at radius 2 is 1.59 bits per heavy atom. The van der Waals surface area contributed by atoms with Gasteiger partial charge in [-0.3, -0.25) is 9.59 Å². The Hall–Kier alpha value is -4.72. The fraction of sp³-hybridized carbons (Fsp3) is 0.172. The van der Waals surface area contributed by atoms with Crippen LogP contribution in [-0.2, 0) is 9.59 Å². The first kappa shape index (κ1) is 25.4. The molecule has 0 fully saturated rings. The van der Waals surface area contributed by atoms with E-state index in [2.05, 4.69) is 10.5 Å². The third-order valence-electron chi connectivity index (χ3n) is 6.27. The first-order chi connectivity index (χ1) is 17.8. The second-order valence-corrected chi connectivity index (χ2v) is 8.80. The zero-order valence-corrected chi connectivity index (χ0v) is 20.4. The van der Waals surface area contributed by atoms with Crippen LogP contribution in [-0.4, -0.2) is 27.7 Å². The lowest BCUT2D eigenvalue weighted by atomic mass is 9.86. The highest BCUT2D eigenvalue weighted by Crippen LogP contribution is 2.36. The molecule has 8 nitrogen and oxygen atoms in total. The Balaban J connectivity index is 1.63. The lowest BCUT2D eigenvalue weighted by Gasteiger charge is -2.18. The molecule has 1 heterocycles. The molecule has 188 valence electrons. The van der Waals surface area contributed by atoms with Crippen molar-refractivity contribution in [2.24, 2.45) is 5.16 Å². The molecule has 4 rings (SSSR count). The second kappa shape index (κ2) is 10.9. The predicted molar refractivity (Wildman–Crippen MR) is 140 cm³/mol. The summed E-state index contributed by atoms with van der Waals surface area (Å²) in [7, 11) is 0. The van der Waals surface area contributed by atoms with Crippen LogP contribution in [0.2, 0.25) is 0 Å². The number of anilines is 1. The number of fused-ring (bicyclic) bond motifs is 1. The Kier molecular flexibility index (Phi) is 7.48. The van der Waals surface area contributed by atoms with Crippen molar-refractivity contribution in [1.29, 1.82) is 0 Å². The van der Waals surface area contributed by atoms with Crippen LogP contribution in [0, 0.1) is 13.8 Å². The second-order valence-electron chi connectivity index (χ2n) is 8.80. The van der Waals surface area contributed by atoms with Crippen LogP contribution in [0.1, 0.15) is 41.0 Å². The summed E-state index contributed by atoms with van der Waals surface area (Å²) >= 11 is 0. The van der Waals surface area contributed by atoms with Crippen LogP contribution in [0.3, 0.4) is 0 Å². The number of ketones is 1. The molecule has 1 atom stereocenters. The standard InChI is InChI=1S/C29H26N2O6/c1-17-9-8-10-18(2)26(17)30-28(34)23(31-36)16-20(32)15-22(19-11-4-3-5-12-19)25-27(33)21-13-6-7-14-24(21)37-29(25)35/h3-14,22,33,36H,15-16H2,1-2H3,(H,30,34)/b31-23+/t22-/m1/s1. The summed E-state index contributed by atoms with van der Waals surface area (Å²) in [6, 6.07) is 20.9. The molecule has 37 heavy (non-hydrogen) atoms. The van der Waals surface area contributed by atoms with E-state index in [0.717, 1.165) is 11.1 Å². The fourth-order valence-corrected chi connectivity index (χ4v) is 4.37. The summed E-state index contributed by atoms with van der Waals surface area (Å²) < 4.78 is 5.43. The molecule has 0 aliphatic rings. The number of nitrogens with zero attached hydrogens (tertiary/aromatic N) is 1. The first-order valence-electron chi connectivity index (χ1n) is 11.7. The summed E-state index contributed by atoms with van der Waals surface area (Å²) in [4.78, 5) is 38.9. The normalized spacial score (nSPS) is 12.3. The van der Waals surface area contributed by atoms with E-state index >= 15 is 0 Å². The van der Waals surface area contributed by atoms with Gasteiger partial charge in [-0.25, -0.2) is 4.79 Å². The molecule has 0 spiro atoms. The van der Waals surface area contributed by atoms with E-state index in [1.54, 1.807) is 54.6 Å². The van der Waals surface area contributed by atoms with Crippen LogP contribution < -0.4 is 10.9 Å². The lowest BCUT2D eigenvalue weighted by molar-refractivity contribution is -0.119. The number of Topliss-reactive ketones (excluding diaryl/α,β-unsaturated/α-hetero) is 1. The quantitative estimate of drug-likeness (QED) is 0.135. The molecule has 0 aliphatic heterocycles. The zero-order valence-electron chi connectivity index (χ0n) is 20.4. The molecule has 3 aromatic carbocycles. The van der Waals surface area contributed by atoms with Crippen molar-refractivity contribution in [2.75, 3.05) is 5.32 Å². The third kappa shape index (κ3) is 5.43. The summed E-state index contributed by atoms with van der Waals surface area (Å²) in [5.41, 5.74) is 1.86. The SMILES string of the molecule is Cc1cccc(C)c1NC(=O)/C(CC(=O)C[C@H](c1ccccc1)c1c(O)c2ccccc2oc1=O)=N/O. The average Bonchev–Trinajstić information content (AvgIpc) is 2.89. The molecular weight excluding hydrogens is 472 g/mol. The highest BCUT2D eigenvalue weighted by atomic mass is 16.4. The maximum atomic E-state index is 13.2. The Morgan fingerprint density at radius 1 is 0.946 bits per heavy atom. The van der Waals surface area contributed by atoms with Crippen molar-refractivity contribution in [3.63, 3.8) is 0 Å². The highest BCUT2D eigenvalue weighted by molar-refractivity contribution is 6.45. The molecule has 1 amide bonds. The van der Waals surface area contributed by atoms with Gasteiger partial charge in [0.1, 0.15) is 17.1 Å². The molecule has 4 aromatic rings. The maximum Gasteiger partial charge on any atom is 0.343 e. The van der Waals surface area contributed by atoms with Gasteiger partial charge in [0, 0.05) is 18.0 Å². The Labute approximate surface area is 212 Å². The Bertz CT molecular complexity index is 1540. The van der Waals surface area contributed by atoms with Gasteiger partial charge in [-0.15, -0.1) is 0 Å². The van der Waals surface area contributed by atoms with E-state index in [1.165, 1.54) is 0 Å². The highest BCUT2D eigenvalue weighted by Gasteiger charge is 2.28. The lowest BCUT2D eigenvalue weighted by Crippen LogP contribution is -2.27. The van der Waals surface area contributed by atoms with E-state index < -0.39 is 29.7 Å². The van der Waals surface area contributed by atoms with Gasteiger partial charge in [-0.1, -0.05) is 65.8 Å². The summed E-state index contributed by atoms with van der Waals surface area (Å²) in [6.07, 6.45) is -0.716. The average molecular weight is 499 g/mol. The van der Waals surface area contributed by atoms with Crippen molar-refractivity contribution in [3.05, 3.63) is 105 Å². The number of aryl methyl sites for hydroxylation is 2. The van der Waals surface area contributed by atoms with E-state index in [1.807, 2.05) is 32.0 Å². The summed E-state index contributed by atoms with van der Waals surface area (Å²) in [6.45, 7) is 3.66. The number of para-hydroxylation sites is 2. The van der Waals surface area contributed by atoms with E-state index in [4.69, 9.17) is 4.42 Å². The van der Waals surface area contributed by atoms with Crippen LogP contribution in [0.4, 0.5) is 5.69 Å². The van der Waals surface area contributed by atoms with E-state index in [9.17, 15) is 24.7 Å². The monoisotopic (exact) mass is 498 g/mol. The predicted octanol–water partition coefficient (Wildman–Crippen LogP) is 5.07. The Morgan fingerprint density at radius 3 is 2.27 bits per heavy atom. The minimum Gasteiger partial charge on any atom is -0.507 e. The van der Waals surface area contributed by atoms with Gasteiger partial charge in [0.15, 0.2) is 5.71 Å². The summed E-state index contributed by atoms with van der Waals surface area (Å²) in [5.74, 6) is -2.30. The molecule has 0 bridgehead atoms. The molecular formula is C29H26N2O6. The zero-order chi connectivity index (χ0) is 26.5. The van der Waals surface area contributed by atoms with E-state index in [0.29, 0.717) is 16.6 Å². The van der Waals surface area contributed by atoms with Crippen LogP contribution in [0.15, 0.2) is 87.2 Å². The molecule has 0 saturated heterocycles. The number of nitrogens with one attached hydrogen (secondary N) is 1. The number of hydrogen-bond donors (Lipinski definition) is 3. The minimum atomic E-state index is -0.851. The van der Waals surface area contributed by atoms with E-state index in [-0.39, 0.29) is 29.0 Å². The van der Waals surface area contributed by atoms with Crippen molar-refractivity contribution in [2.45, 2.75) is 32.6 Å².